The molecule has 0 spiro atoms. The summed E-state index contributed by atoms with van der Waals surface area (Å²) in [5.41, 5.74) is 1.78. The monoisotopic (exact) mass is 314 g/mol. The summed E-state index contributed by atoms with van der Waals surface area (Å²) in [7, 11) is -1.57. The number of aryl methyl sites for hydroxylation is 1. The number of benzene rings is 1. The summed E-state index contributed by atoms with van der Waals surface area (Å²) < 4.78 is 27.9. The van der Waals surface area contributed by atoms with Crippen molar-refractivity contribution in [2.24, 2.45) is 0 Å². The Kier molecular flexibility index (Phi) is 5.49. The predicted molar refractivity (Wildman–Crippen MR) is 84.6 cm³/mol. The van der Waals surface area contributed by atoms with Crippen LogP contribution in [0.1, 0.15) is 24.0 Å². The van der Waals surface area contributed by atoms with Gasteiger partial charge in [-0.1, -0.05) is 12.1 Å². The molecule has 1 heterocycles. The molecule has 20 heavy (non-hydrogen) atoms. The third kappa shape index (κ3) is 3.97. The zero-order chi connectivity index (χ0) is 14.6. The first-order valence-corrected chi connectivity index (χ1v) is 9.51. The van der Waals surface area contributed by atoms with Gasteiger partial charge in [0.15, 0.2) is 0 Å². The van der Waals surface area contributed by atoms with Crippen LogP contribution in [-0.2, 0) is 16.6 Å². The number of rotatable bonds is 5. The van der Waals surface area contributed by atoms with Crippen LogP contribution in [0, 0.1) is 6.92 Å². The molecule has 112 valence electrons. The first-order chi connectivity index (χ1) is 9.53. The molecule has 1 saturated heterocycles. The van der Waals surface area contributed by atoms with Crippen LogP contribution in [0.15, 0.2) is 23.1 Å². The van der Waals surface area contributed by atoms with Crippen molar-refractivity contribution in [3.63, 3.8) is 0 Å². The highest BCUT2D eigenvalue weighted by Gasteiger charge is 2.23. The van der Waals surface area contributed by atoms with E-state index in [4.69, 9.17) is 0 Å². The van der Waals surface area contributed by atoms with Gasteiger partial charge in [-0.15, -0.1) is 0 Å². The molecule has 1 fully saturated rings. The number of hydrogen-bond acceptors (Lipinski definition) is 4. The van der Waals surface area contributed by atoms with Crippen molar-refractivity contribution in [2.45, 2.75) is 37.2 Å². The zero-order valence-electron chi connectivity index (χ0n) is 12.0. The third-order valence-corrected chi connectivity index (χ3v) is 6.28. The first kappa shape index (κ1) is 15.8. The summed E-state index contributed by atoms with van der Waals surface area (Å²) in [6, 6.07) is 5.66. The molecule has 1 aliphatic rings. The number of hydrogen-bond donors (Lipinski definition) is 2. The van der Waals surface area contributed by atoms with Gasteiger partial charge < -0.3 is 5.32 Å². The van der Waals surface area contributed by atoms with E-state index in [1.807, 2.05) is 37.9 Å². The van der Waals surface area contributed by atoms with Crippen LogP contribution in [0.5, 0.6) is 0 Å². The van der Waals surface area contributed by atoms with Gasteiger partial charge in [-0.2, -0.15) is 11.8 Å². The van der Waals surface area contributed by atoms with Crippen molar-refractivity contribution >= 4 is 21.8 Å². The van der Waals surface area contributed by atoms with Crippen molar-refractivity contribution in [3.8, 4) is 0 Å². The van der Waals surface area contributed by atoms with Gasteiger partial charge in [0.1, 0.15) is 0 Å². The number of sulfonamides is 1. The molecular formula is C14H22N2O2S2. The molecule has 0 amide bonds. The van der Waals surface area contributed by atoms with Gasteiger partial charge in [-0.3, -0.25) is 0 Å². The maximum absolute atomic E-state index is 12.5. The average molecular weight is 314 g/mol. The standard InChI is InChI=1S/C14H22N2O2S2/c1-11-5-6-12(9-15-2)8-14(11)20(17,18)16-13-4-3-7-19-10-13/h5-6,8,13,15-16H,3-4,7,9-10H2,1-2H3. The largest absolute Gasteiger partial charge is 0.316 e. The average Bonchev–Trinajstić information content (AvgIpc) is 2.42. The molecule has 0 aromatic heterocycles. The SMILES string of the molecule is CNCc1ccc(C)c(S(=O)(=O)NC2CCCSC2)c1. The van der Waals surface area contributed by atoms with Crippen LogP contribution < -0.4 is 10.0 Å². The van der Waals surface area contributed by atoms with Gasteiger partial charge in [0.05, 0.1) is 4.90 Å². The fourth-order valence-corrected chi connectivity index (χ4v) is 5.11. The van der Waals surface area contributed by atoms with Gasteiger partial charge in [-0.05, 0) is 49.8 Å². The lowest BCUT2D eigenvalue weighted by atomic mass is 10.1. The van der Waals surface area contributed by atoms with Crippen LogP contribution in [0.4, 0.5) is 0 Å². The Morgan fingerprint density at radius 2 is 2.20 bits per heavy atom. The highest BCUT2D eigenvalue weighted by molar-refractivity contribution is 7.99. The van der Waals surface area contributed by atoms with Crippen molar-refractivity contribution in [1.82, 2.24) is 10.0 Å². The van der Waals surface area contributed by atoms with Crippen molar-refractivity contribution in [1.29, 1.82) is 0 Å². The third-order valence-electron chi connectivity index (χ3n) is 3.41. The fraction of sp³-hybridized carbons (Fsp3) is 0.571. The molecule has 1 unspecified atom stereocenters. The zero-order valence-corrected chi connectivity index (χ0v) is 13.6. The predicted octanol–water partition coefficient (Wildman–Crippen LogP) is 1.89. The lowest BCUT2D eigenvalue weighted by molar-refractivity contribution is 0.542. The second kappa shape index (κ2) is 6.93. The van der Waals surface area contributed by atoms with E-state index >= 15 is 0 Å². The lowest BCUT2D eigenvalue weighted by Crippen LogP contribution is -2.38. The van der Waals surface area contributed by atoms with Crippen molar-refractivity contribution in [3.05, 3.63) is 29.3 Å². The van der Waals surface area contributed by atoms with E-state index in [1.165, 1.54) is 0 Å². The normalized spacial score (nSPS) is 20.0. The highest BCUT2D eigenvalue weighted by atomic mass is 32.2. The fourth-order valence-electron chi connectivity index (χ4n) is 2.36. The summed E-state index contributed by atoms with van der Waals surface area (Å²) in [5, 5.41) is 3.04. The van der Waals surface area contributed by atoms with Gasteiger partial charge in [-0.25, -0.2) is 13.1 Å². The lowest BCUT2D eigenvalue weighted by Gasteiger charge is -2.23. The topological polar surface area (TPSA) is 58.2 Å². The quantitative estimate of drug-likeness (QED) is 0.871. The Hall–Kier alpha value is -0.560. The van der Waals surface area contributed by atoms with Crippen LogP contribution in [0.25, 0.3) is 0 Å². The smallest absolute Gasteiger partial charge is 0.241 e. The van der Waals surface area contributed by atoms with Crippen LogP contribution in [-0.4, -0.2) is 33.0 Å². The molecule has 0 bridgehead atoms. The Bertz CT molecular complexity index is 552. The van der Waals surface area contributed by atoms with Gasteiger partial charge in [0.2, 0.25) is 10.0 Å². The Labute approximate surface area is 125 Å². The van der Waals surface area contributed by atoms with Gasteiger partial charge in [0.25, 0.3) is 0 Å². The minimum Gasteiger partial charge on any atom is -0.316 e. The molecule has 6 heteroatoms. The second-order valence-corrected chi connectivity index (χ2v) is 8.00. The summed E-state index contributed by atoms with van der Waals surface area (Å²) >= 11 is 1.82. The molecule has 1 aromatic rings. The van der Waals surface area contributed by atoms with Gasteiger partial charge >= 0.3 is 0 Å². The molecule has 4 nitrogen and oxygen atoms in total. The highest BCUT2D eigenvalue weighted by Crippen LogP contribution is 2.21. The van der Waals surface area contributed by atoms with E-state index in [9.17, 15) is 8.42 Å². The second-order valence-electron chi connectivity index (χ2n) is 5.17. The molecule has 1 atom stereocenters. The van der Waals surface area contributed by atoms with E-state index in [0.717, 1.165) is 35.5 Å². The van der Waals surface area contributed by atoms with Gasteiger partial charge in [0, 0.05) is 18.3 Å². The Morgan fingerprint density at radius 1 is 1.40 bits per heavy atom. The molecule has 2 rings (SSSR count). The van der Waals surface area contributed by atoms with E-state index in [0.29, 0.717) is 11.4 Å². The van der Waals surface area contributed by atoms with E-state index < -0.39 is 10.0 Å². The van der Waals surface area contributed by atoms with Crippen LogP contribution in [0.3, 0.4) is 0 Å². The minimum atomic E-state index is -3.42. The maximum Gasteiger partial charge on any atom is 0.241 e. The Morgan fingerprint density at radius 3 is 2.85 bits per heavy atom. The number of nitrogens with one attached hydrogen (secondary N) is 2. The molecule has 0 radical (unpaired) electrons. The Balaban J connectivity index is 2.21. The summed E-state index contributed by atoms with van der Waals surface area (Å²) in [5.74, 6) is 2.00. The molecule has 0 saturated carbocycles. The maximum atomic E-state index is 12.5. The van der Waals surface area contributed by atoms with E-state index in [2.05, 4.69) is 10.0 Å². The molecular weight excluding hydrogens is 292 g/mol. The summed E-state index contributed by atoms with van der Waals surface area (Å²) in [4.78, 5) is 0.404. The van der Waals surface area contributed by atoms with Crippen LogP contribution in [0.2, 0.25) is 0 Å². The summed E-state index contributed by atoms with van der Waals surface area (Å²) in [6.07, 6.45) is 2.01. The number of thioether (sulfide) groups is 1. The molecule has 1 aliphatic heterocycles. The molecule has 1 aromatic carbocycles. The molecule has 0 aliphatic carbocycles. The van der Waals surface area contributed by atoms with Crippen LogP contribution >= 0.6 is 11.8 Å². The van der Waals surface area contributed by atoms with Crippen molar-refractivity contribution in [2.75, 3.05) is 18.6 Å². The summed E-state index contributed by atoms with van der Waals surface area (Å²) in [6.45, 7) is 2.51. The van der Waals surface area contributed by atoms with E-state index in [-0.39, 0.29) is 6.04 Å². The minimum absolute atomic E-state index is 0.0612. The first-order valence-electron chi connectivity index (χ1n) is 6.87. The van der Waals surface area contributed by atoms with E-state index in [1.54, 1.807) is 6.07 Å². The van der Waals surface area contributed by atoms with Crippen molar-refractivity contribution < 1.29 is 8.42 Å². The molecule has 2 N–H and O–H groups in total.